The van der Waals surface area contributed by atoms with Gasteiger partial charge in [0.1, 0.15) is 11.6 Å². The number of aromatic nitrogens is 2. The highest BCUT2D eigenvalue weighted by Gasteiger charge is 2.43. The molecule has 2 atom stereocenters. The van der Waals surface area contributed by atoms with E-state index in [1.54, 1.807) is 13.2 Å². The summed E-state index contributed by atoms with van der Waals surface area (Å²) >= 11 is 0. The highest BCUT2D eigenvalue weighted by atomic mass is 16.5. The van der Waals surface area contributed by atoms with Gasteiger partial charge >= 0.3 is 0 Å². The zero-order chi connectivity index (χ0) is 21.9. The fraction of sp³-hybridized carbons (Fsp3) is 0.320. The number of benzene rings is 2. The van der Waals surface area contributed by atoms with Crippen molar-refractivity contribution < 1.29 is 9.53 Å². The van der Waals surface area contributed by atoms with E-state index in [9.17, 15) is 4.79 Å². The van der Waals surface area contributed by atoms with Gasteiger partial charge in [0.25, 0.3) is 5.91 Å². The molecule has 164 valence electrons. The van der Waals surface area contributed by atoms with Crippen molar-refractivity contribution >= 4 is 17.4 Å². The Hall–Kier alpha value is -3.45. The minimum atomic E-state index is -0.273. The maximum absolute atomic E-state index is 12.4. The zero-order valence-corrected chi connectivity index (χ0v) is 18.1. The second-order valence-corrected chi connectivity index (χ2v) is 8.35. The average molecular weight is 430 g/mol. The van der Waals surface area contributed by atoms with Crippen molar-refractivity contribution in [2.75, 3.05) is 24.3 Å². The fourth-order valence-electron chi connectivity index (χ4n) is 4.47. The molecular weight excluding hydrogens is 402 g/mol. The highest BCUT2D eigenvalue weighted by Crippen LogP contribution is 2.42. The van der Waals surface area contributed by atoms with Crippen molar-refractivity contribution in [3.05, 3.63) is 78.0 Å². The Balaban J connectivity index is 1.30. The van der Waals surface area contributed by atoms with Gasteiger partial charge in [0.2, 0.25) is 0 Å². The number of methoxy groups -OCH3 is 1. The second kappa shape index (κ2) is 8.96. The number of para-hydroxylation sites is 1. The SMILES string of the molecule is COc1cccc(C2C(Nc3ccc(C(=O)Nc4ccccc4)nn3)CCN2C2CC2)c1. The van der Waals surface area contributed by atoms with E-state index < -0.39 is 0 Å². The topological polar surface area (TPSA) is 79.4 Å². The number of hydrogen-bond donors (Lipinski definition) is 2. The molecule has 0 radical (unpaired) electrons. The van der Waals surface area contributed by atoms with Crippen LogP contribution in [0.4, 0.5) is 11.5 Å². The van der Waals surface area contributed by atoms with E-state index in [2.05, 4.69) is 43.9 Å². The molecule has 2 unspecified atom stereocenters. The van der Waals surface area contributed by atoms with Crippen LogP contribution in [0.25, 0.3) is 0 Å². The third kappa shape index (κ3) is 4.43. The monoisotopic (exact) mass is 429 g/mol. The summed E-state index contributed by atoms with van der Waals surface area (Å²) < 4.78 is 5.46. The predicted molar refractivity (Wildman–Crippen MR) is 124 cm³/mol. The summed E-state index contributed by atoms with van der Waals surface area (Å²) in [5.41, 5.74) is 2.27. The molecule has 3 aromatic rings. The number of anilines is 2. The average Bonchev–Trinajstić information content (AvgIpc) is 3.60. The number of nitrogens with zero attached hydrogens (tertiary/aromatic N) is 3. The van der Waals surface area contributed by atoms with Crippen LogP contribution >= 0.6 is 0 Å². The van der Waals surface area contributed by atoms with Gasteiger partial charge in [0, 0.05) is 24.3 Å². The molecule has 2 heterocycles. The van der Waals surface area contributed by atoms with Crippen molar-refractivity contribution in [2.45, 2.75) is 37.4 Å². The smallest absolute Gasteiger partial charge is 0.276 e. The second-order valence-electron chi connectivity index (χ2n) is 8.35. The summed E-state index contributed by atoms with van der Waals surface area (Å²) in [7, 11) is 1.70. The van der Waals surface area contributed by atoms with Crippen LogP contribution in [0, 0.1) is 0 Å². The van der Waals surface area contributed by atoms with Crippen molar-refractivity contribution in [3.8, 4) is 5.75 Å². The number of carbonyl (C=O) groups excluding carboxylic acids is 1. The highest BCUT2D eigenvalue weighted by molar-refractivity contribution is 6.02. The van der Waals surface area contributed by atoms with E-state index >= 15 is 0 Å². The lowest BCUT2D eigenvalue weighted by atomic mass is 9.99. The van der Waals surface area contributed by atoms with Gasteiger partial charge in [-0.05, 0) is 61.2 Å². The van der Waals surface area contributed by atoms with Gasteiger partial charge in [-0.15, -0.1) is 10.2 Å². The van der Waals surface area contributed by atoms with Gasteiger partial charge in [0.05, 0.1) is 13.2 Å². The number of nitrogens with one attached hydrogen (secondary N) is 2. The van der Waals surface area contributed by atoms with Crippen molar-refractivity contribution in [2.24, 2.45) is 0 Å². The number of carbonyl (C=O) groups is 1. The Bertz CT molecular complexity index is 1070. The summed E-state index contributed by atoms with van der Waals surface area (Å²) in [4.78, 5) is 15.0. The fourth-order valence-corrected chi connectivity index (χ4v) is 4.47. The van der Waals surface area contributed by atoms with Crippen LogP contribution in [0.1, 0.15) is 41.4 Å². The molecule has 1 aliphatic carbocycles. The van der Waals surface area contributed by atoms with Gasteiger partial charge in [-0.25, -0.2) is 0 Å². The summed E-state index contributed by atoms with van der Waals surface area (Å²) in [5.74, 6) is 1.28. The van der Waals surface area contributed by atoms with Gasteiger partial charge in [-0.1, -0.05) is 30.3 Å². The zero-order valence-electron chi connectivity index (χ0n) is 18.1. The maximum Gasteiger partial charge on any atom is 0.276 e. The molecule has 7 nitrogen and oxygen atoms in total. The summed E-state index contributed by atoms with van der Waals surface area (Å²) in [6.07, 6.45) is 3.55. The molecule has 32 heavy (non-hydrogen) atoms. The normalized spacial score (nSPS) is 20.7. The van der Waals surface area contributed by atoms with Crippen LogP contribution in [-0.4, -0.2) is 46.7 Å². The molecule has 2 aromatic carbocycles. The molecule has 1 aromatic heterocycles. The summed E-state index contributed by atoms with van der Waals surface area (Å²) in [6.45, 7) is 1.05. The third-order valence-electron chi connectivity index (χ3n) is 6.15. The number of ether oxygens (including phenoxy) is 1. The molecule has 0 spiro atoms. The molecule has 0 bridgehead atoms. The lowest BCUT2D eigenvalue weighted by Crippen LogP contribution is -2.33. The quantitative estimate of drug-likeness (QED) is 0.588. The molecule has 1 saturated carbocycles. The molecule has 2 fully saturated rings. The van der Waals surface area contributed by atoms with E-state index in [4.69, 9.17) is 4.74 Å². The Morgan fingerprint density at radius 2 is 1.84 bits per heavy atom. The molecule has 7 heteroatoms. The third-order valence-corrected chi connectivity index (χ3v) is 6.15. The lowest BCUT2D eigenvalue weighted by Gasteiger charge is -2.29. The van der Waals surface area contributed by atoms with E-state index in [0.29, 0.717) is 11.9 Å². The van der Waals surface area contributed by atoms with Crippen LogP contribution in [-0.2, 0) is 0 Å². The first-order chi connectivity index (χ1) is 15.7. The Labute approximate surface area is 187 Å². The standard InChI is InChI=1S/C25H27N5O2/c1-32-20-9-5-6-17(16-20)24-21(14-15-30(24)19-10-11-19)27-23-13-12-22(28-29-23)25(31)26-18-7-3-2-4-8-18/h2-9,12-13,16,19,21,24H,10-11,14-15H2,1H3,(H,26,31)(H,27,29). The first-order valence-corrected chi connectivity index (χ1v) is 11.1. The van der Waals surface area contributed by atoms with Gasteiger partial charge in [0.15, 0.2) is 5.69 Å². The molecule has 5 rings (SSSR count). The van der Waals surface area contributed by atoms with Crippen LogP contribution in [0.5, 0.6) is 5.75 Å². The molecule has 2 N–H and O–H groups in total. The van der Waals surface area contributed by atoms with Crippen LogP contribution < -0.4 is 15.4 Å². The van der Waals surface area contributed by atoms with Crippen molar-refractivity contribution in [3.63, 3.8) is 0 Å². The molecule has 1 saturated heterocycles. The minimum absolute atomic E-state index is 0.209. The van der Waals surface area contributed by atoms with Crippen molar-refractivity contribution in [1.29, 1.82) is 0 Å². The maximum atomic E-state index is 12.4. The predicted octanol–water partition coefficient (Wildman–Crippen LogP) is 4.13. The molecule has 2 aliphatic rings. The number of amides is 1. The summed E-state index contributed by atoms with van der Waals surface area (Å²) in [6, 6.07) is 22.3. The van der Waals surface area contributed by atoms with Gasteiger partial charge < -0.3 is 15.4 Å². The first kappa shape index (κ1) is 20.5. The van der Waals surface area contributed by atoms with Gasteiger partial charge in [-0.3, -0.25) is 9.69 Å². The van der Waals surface area contributed by atoms with Crippen molar-refractivity contribution in [1.82, 2.24) is 15.1 Å². The van der Waals surface area contributed by atoms with Crippen LogP contribution in [0.2, 0.25) is 0 Å². The Morgan fingerprint density at radius 3 is 2.56 bits per heavy atom. The van der Waals surface area contributed by atoms with E-state index in [1.807, 2.05) is 42.5 Å². The first-order valence-electron chi connectivity index (χ1n) is 11.1. The summed E-state index contributed by atoms with van der Waals surface area (Å²) in [5, 5.41) is 14.8. The minimum Gasteiger partial charge on any atom is -0.497 e. The van der Waals surface area contributed by atoms with E-state index in [0.717, 1.165) is 24.4 Å². The molecule has 1 aliphatic heterocycles. The lowest BCUT2D eigenvalue weighted by molar-refractivity contribution is 0.102. The van der Waals surface area contributed by atoms with Gasteiger partial charge in [-0.2, -0.15) is 0 Å². The Kier molecular flexibility index (Phi) is 5.73. The number of rotatable bonds is 7. The number of hydrogen-bond acceptors (Lipinski definition) is 6. The van der Waals surface area contributed by atoms with E-state index in [1.165, 1.54) is 18.4 Å². The van der Waals surface area contributed by atoms with Crippen LogP contribution in [0.15, 0.2) is 66.7 Å². The Morgan fingerprint density at radius 1 is 1.00 bits per heavy atom. The number of likely N-dealkylation sites (tertiary alicyclic amines) is 1. The van der Waals surface area contributed by atoms with Crippen LogP contribution in [0.3, 0.4) is 0 Å². The molecular formula is C25H27N5O2. The largest absolute Gasteiger partial charge is 0.497 e. The van der Waals surface area contributed by atoms with E-state index in [-0.39, 0.29) is 23.7 Å². The molecule has 1 amide bonds.